The Morgan fingerprint density at radius 2 is 2.18 bits per heavy atom. The van der Waals surface area contributed by atoms with Gasteiger partial charge in [0.25, 0.3) is 5.91 Å². The molecule has 22 heavy (non-hydrogen) atoms. The molecule has 1 heterocycles. The highest BCUT2D eigenvalue weighted by Gasteiger charge is 2.13. The van der Waals surface area contributed by atoms with Crippen molar-refractivity contribution in [3.63, 3.8) is 0 Å². The summed E-state index contributed by atoms with van der Waals surface area (Å²) in [6, 6.07) is 6.75. The number of rotatable bonds is 6. The van der Waals surface area contributed by atoms with E-state index >= 15 is 0 Å². The van der Waals surface area contributed by atoms with Crippen LogP contribution in [0.3, 0.4) is 0 Å². The lowest BCUT2D eigenvalue weighted by Gasteiger charge is -2.10. The van der Waals surface area contributed by atoms with Gasteiger partial charge in [0.2, 0.25) is 5.91 Å². The first-order valence-electron chi connectivity index (χ1n) is 6.20. The van der Waals surface area contributed by atoms with Crippen molar-refractivity contribution in [1.82, 2.24) is 15.5 Å². The molecule has 0 radical (unpaired) electrons. The van der Waals surface area contributed by atoms with Crippen LogP contribution in [0.1, 0.15) is 10.4 Å². The Kier molecular flexibility index (Phi) is 5.94. The van der Waals surface area contributed by atoms with Crippen LogP contribution in [0.15, 0.2) is 34.1 Å². The minimum absolute atomic E-state index is 0.133. The number of hydrogen-bond donors (Lipinski definition) is 2. The van der Waals surface area contributed by atoms with Crippen LogP contribution in [-0.4, -0.2) is 34.3 Å². The molecule has 0 aliphatic rings. The smallest absolute Gasteiger partial charge is 0.254 e. The Morgan fingerprint density at radius 3 is 2.91 bits per heavy atom. The van der Waals surface area contributed by atoms with Crippen LogP contribution < -0.4 is 10.6 Å². The van der Waals surface area contributed by atoms with Crippen LogP contribution in [0, 0.1) is 12.3 Å². The zero-order valence-corrected chi connectivity index (χ0v) is 13.0. The molecule has 2 rings (SSSR count). The number of nitrogens with zero attached hydrogens (tertiary/aromatic N) is 2. The van der Waals surface area contributed by atoms with E-state index in [1.807, 2.05) is 0 Å². The number of benzene rings is 1. The minimum Gasteiger partial charge on any atom is -0.341 e. The van der Waals surface area contributed by atoms with Gasteiger partial charge in [-0.05, 0) is 12.1 Å². The molecule has 0 unspecified atom stereocenters. The van der Waals surface area contributed by atoms with E-state index in [1.54, 1.807) is 29.8 Å². The maximum absolute atomic E-state index is 12.0. The SMILES string of the molecule is C#CCNC(=O)c1ccccc1NC(=O)CSc1nncs1. The van der Waals surface area contributed by atoms with Gasteiger partial charge in [-0.2, -0.15) is 0 Å². The van der Waals surface area contributed by atoms with Crippen LogP contribution >= 0.6 is 23.1 Å². The van der Waals surface area contributed by atoms with E-state index in [0.717, 1.165) is 4.34 Å². The van der Waals surface area contributed by atoms with E-state index in [1.165, 1.54) is 23.1 Å². The topological polar surface area (TPSA) is 84.0 Å². The van der Waals surface area contributed by atoms with Gasteiger partial charge in [0.15, 0.2) is 4.34 Å². The van der Waals surface area contributed by atoms with Crippen LogP contribution in [-0.2, 0) is 4.79 Å². The van der Waals surface area contributed by atoms with Gasteiger partial charge in [-0.25, -0.2) is 0 Å². The van der Waals surface area contributed by atoms with E-state index < -0.39 is 0 Å². The summed E-state index contributed by atoms with van der Waals surface area (Å²) in [5.74, 6) is 1.97. The lowest BCUT2D eigenvalue weighted by Crippen LogP contribution is -2.25. The third-order valence-electron chi connectivity index (χ3n) is 2.46. The molecule has 0 bridgehead atoms. The molecule has 0 fully saturated rings. The predicted octanol–water partition coefficient (Wildman–Crippen LogP) is 1.63. The fourth-order valence-electron chi connectivity index (χ4n) is 1.56. The van der Waals surface area contributed by atoms with Crippen LogP contribution in [0.25, 0.3) is 0 Å². The predicted molar refractivity (Wildman–Crippen MR) is 86.9 cm³/mol. The largest absolute Gasteiger partial charge is 0.341 e. The fourth-order valence-corrected chi connectivity index (χ4v) is 2.84. The third-order valence-corrected chi connectivity index (χ3v) is 4.32. The summed E-state index contributed by atoms with van der Waals surface area (Å²) in [6.07, 6.45) is 5.11. The van der Waals surface area contributed by atoms with Crippen LogP contribution in [0.5, 0.6) is 0 Å². The molecule has 112 valence electrons. The second kappa shape index (κ2) is 8.17. The van der Waals surface area contributed by atoms with Crippen molar-refractivity contribution in [3.8, 4) is 12.3 Å². The standard InChI is InChI=1S/C14H12N4O2S2/c1-2-7-15-13(20)10-5-3-4-6-11(10)17-12(19)8-21-14-18-16-9-22-14/h1,3-6,9H,7-8H2,(H,15,20)(H,17,19). The lowest BCUT2D eigenvalue weighted by atomic mass is 10.1. The van der Waals surface area contributed by atoms with Crippen LogP contribution in [0.4, 0.5) is 5.69 Å². The molecule has 0 spiro atoms. The fraction of sp³-hybridized carbons (Fsp3) is 0.143. The zero-order chi connectivity index (χ0) is 15.8. The summed E-state index contributed by atoms with van der Waals surface area (Å²) in [6.45, 7) is 0.133. The highest BCUT2D eigenvalue weighted by atomic mass is 32.2. The summed E-state index contributed by atoms with van der Waals surface area (Å²) in [5.41, 5.74) is 2.41. The maximum atomic E-state index is 12.0. The van der Waals surface area contributed by atoms with Crippen LogP contribution in [0.2, 0.25) is 0 Å². The molecule has 0 saturated heterocycles. The average Bonchev–Trinajstić information content (AvgIpc) is 3.04. The number of anilines is 1. The molecule has 2 amide bonds. The number of thioether (sulfide) groups is 1. The first-order valence-corrected chi connectivity index (χ1v) is 8.06. The van der Waals surface area contributed by atoms with Gasteiger partial charge in [0.05, 0.1) is 23.5 Å². The van der Waals surface area contributed by atoms with Crippen molar-refractivity contribution >= 4 is 40.6 Å². The van der Waals surface area contributed by atoms with Gasteiger partial charge in [-0.3, -0.25) is 9.59 Å². The summed E-state index contributed by atoms with van der Waals surface area (Å²) >= 11 is 2.65. The second-order valence-corrected chi connectivity index (χ2v) is 6.03. The number of carbonyl (C=O) groups excluding carboxylic acids is 2. The number of amides is 2. The van der Waals surface area contributed by atoms with Crippen molar-refractivity contribution in [1.29, 1.82) is 0 Å². The summed E-state index contributed by atoms with van der Waals surface area (Å²) in [7, 11) is 0. The highest BCUT2D eigenvalue weighted by molar-refractivity contribution is 8.01. The summed E-state index contributed by atoms with van der Waals surface area (Å²) in [4.78, 5) is 23.9. The molecule has 0 aliphatic heterocycles. The van der Waals surface area contributed by atoms with Gasteiger partial charge < -0.3 is 10.6 Å². The van der Waals surface area contributed by atoms with Crippen molar-refractivity contribution < 1.29 is 9.59 Å². The summed E-state index contributed by atoms with van der Waals surface area (Å²) < 4.78 is 0.718. The highest BCUT2D eigenvalue weighted by Crippen LogP contribution is 2.20. The molecular formula is C14H12N4O2S2. The average molecular weight is 332 g/mol. The number of nitrogens with one attached hydrogen (secondary N) is 2. The Morgan fingerprint density at radius 1 is 1.36 bits per heavy atom. The van der Waals surface area contributed by atoms with E-state index in [9.17, 15) is 9.59 Å². The molecule has 1 aromatic carbocycles. The minimum atomic E-state index is -0.328. The maximum Gasteiger partial charge on any atom is 0.254 e. The van der Waals surface area contributed by atoms with Gasteiger partial charge in [-0.1, -0.05) is 41.2 Å². The first kappa shape index (κ1) is 16.0. The number of para-hydroxylation sites is 1. The summed E-state index contributed by atoms with van der Waals surface area (Å²) in [5, 5.41) is 12.8. The van der Waals surface area contributed by atoms with Crippen molar-refractivity contribution in [2.24, 2.45) is 0 Å². The quantitative estimate of drug-likeness (QED) is 0.620. The Bertz CT molecular complexity index is 695. The van der Waals surface area contributed by atoms with Gasteiger partial charge >= 0.3 is 0 Å². The van der Waals surface area contributed by atoms with E-state index in [0.29, 0.717) is 11.3 Å². The third kappa shape index (κ3) is 4.58. The number of aromatic nitrogens is 2. The van der Waals surface area contributed by atoms with Crippen molar-refractivity contribution in [3.05, 3.63) is 35.3 Å². The Hall–Kier alpha value is -2.37. The zero-order valence-electron chi connectivity index (χ0n) is 11.4. The number of terminal acetylenes is 1. The monoisotopic (exact) mass is 332 g/mol. The first-order chi connectivity index (χ1) is 10.7. The molecule has 0 atom stereocenters. The normalized spacial score (nSPS) is 9.77. The number of hydrogen-bond acceptors (Lipinski definition) is 6. The van der Waals surface area contributed by atoms with Crippen molar-refractivity contribution in [2.45, 2.75) is 4.34 Å². The molecule has 8 heteroatoms. The Labute approximate surface area is 135 Å². The molecule has 0 saturated carbocycles. The van der Waals surface area contributed by atoms with Crippen molar-refractivity contribution in [2.75, 3.05) is 17.6 Å². The molecule has 2 aromatic rings. The molecule has 1 aromatic heterocycles. The van der Waals surface area contributed by atoms with Gasteiger partial charge in [0, 0.05) is 0 Å². The second-order valence-electron chi connectivity index (χ2n) is 3.97. The number of carbonyl (C=O) groups is 2. The molecule has 6 nitrogen and oxygen atoms in total. The molecule has 2 N–H and O–H groups in total. The molecular weight excluding hydrogens is 320 g/mol. The Balaban J connectivity index is 1.98. The van der Waals surface area contributed by atoms with E-state index in [-0.39, 0.29) is 24.1 Å². The van der Waals surface area contributed by atoms with Gasteiger partial charge in [0.1, 0.15) is 5.51 Å². The van der Waals surface area contributed by atoms with E-state index in [2.05, 4.69) is 26.8 Å². The van der Waals surface area contributed by atoms with E-state index in [4.69, 9.17) is 6.42 Å². The van der Waals surface area contributed by atoms with Gasteiger partial charge in [-0.15, -0.1) is 16.6 Å². The molecule has 0 aliphatic carbocycles. The lowest BCUT2D eigenvalue weighted by molar-refractivity contribution is -0.113.